The van der Waals surface area contributed by atoms with Gasteiger partial charge in [0.2, 0.25) is 0 Å². The van der Waals surface area contributed by atoms with E-state index in [1.807, 2.05) is 12.1 Å². The maximum Gasteiger partial charge on any atom is 0.305 e. The largest absolute Gasteiger partial charge is 0.481 e. The molecule has 3 aromatic carbocycles. The van der Waals surface area contributed by atoms with Gasteiger partial charge in [-0.2, -0.15) is 0 Å². The molecule has 0 radical (unpaired) electrons. The Kier molecular flexibility index (Phi) is 7.77. The van der Waals surface area contributed by atoms with Gasteiger partial charge in [0.1, 0.15) is 10.7 Å². The summed E-state index contributed by atoms with van der Waals surface area (Å²) in [6, 6.07) is 20.4. The maximum absolute atomic E-state index is 14.0. The number of amidine groups is 1. The number of fused-ring (bicyclic) bond motifs is 2. The molecule has 0 unspecified atom stereocenters. The fourth-order valence-corrected chi connectivity index (χ4v) is 6.68. The maximum atomic E-state index is 14.0. The number of nitrogens with two attached hydrogens (primary N) is 1. The summed E-state index contributed by atoms with van der Waals surface area (Å²) in [5, 5.41) is 18.2. The minimum Gasteiger partial charge on any atom is -0.481 e. The van der Waals surface area contributed by atoms with Crippen LogP contribution < -0.4 is 10.0 Å². The highest BCUT2D eigenvalue weighted by molar-refractivity contribution is 7.93. The molecule has 0 aliphatic heterocycles. The third-order valence-electron chi connectivity index (χ3n) is 7.13. The van der Waals surface area contributed by atoms with Crippen molar-refractivity contribution in [3.8, 4) is 0 Å². The molecule has 0 fully saturated rings. The van der Waals surface area contributed by atoms with Gasteiger partial charge in [0.05, 0.1) is 17.6 Å². The van der Waals surface area contributed by atoms with Gasteiger partial charge in [0.15, 0.2) is 5.78 Å². The first-order chi connectivity index (χ1) is 20.1. The molecular weight excluding hydrogens is 554 g/mol. The van der Waals surface area contributed by atoms with E-state index in [4.69, 9.17) is 11.1 Å². The van der Waals surface area contributed by atoms with Crippen LogP contribution in [0.25, 0.3) is 21.8 Å². The van der Waals surface area contributed by atoms with E-state index in [1.165, 1.54) is 12.3 Å². The lowest BCUT2D eigenvalue weighted by Crippen LogP contribution is -2.33. The Labute approximate surface area is 242 Å². The van der Waals surface area contributed by atoms with Gasteiger partial charge in [0.25, 0.3) is 10.0 Å². The van der Waals surface area contributed by atoms with E-state index in [0.29, 0.717) is 45.0 Å². The number of carboxylic acids is 1. The zero-order valence-corrected chi connectivity index (χ0v) is 23.6. The standard InChI is InChI=1S/C31H29N5O5S/c1-19-29(26(37)14-9-20-7-10-22(11-8-20)31(32)33)24-13-12-23(18-25(24)35-19)36(17-15-28(38)39)42(40,41)27-6-2-4-21-5-3-16-34-30(21)27/h2-8,10-13,16,18,35H,9,14-15,17H2,1H3,(H3,32,33)(H,38,39). The van der Waals surface area contributed by atoms with Gasteiger partial charge in [-0.1, -0.05) is 48.5 Å². The predicted molar refractivity (Wildman–Crippen MR) is 162 cm³/mol. The average molecular weight is 584 g/mol. The smallest absolute Gasteiger partial charge is 0.305 e. The second-order valence-electron chi connectivity index (χ2n) is 9.94. The summed E-state index contributed by atoms with van der Waals surface area (Å²) in [5.41, 5.74) is 9.36. The molecule has 2 aromatic heterocycles. The summed E-state index contributed by atoms with van der Waals surface area (Å²) in [7, 11) is -4.21. The Morgan fingerprint density at radius 1 is 1.02 bits per heavy atom. The third-order valence-corrected chi connectivity index (χ3v) is 8.99. The third kappa shape index (κ3) is 5.59. The Morgan fingerprint density at radius 3 is 2.48 bits per heavy atom. The quantitative estimate of drug-likeness (QED) is 0.0983. The van der Waals surface area contributed by atoms with Crippen LogP contribution in [-0.2, 0) is 21.2 Å². The number of aromatic nitrogens is 2. The lowest BCUT2D eigenvalue weighted by atomic mass is 9.99. The lowest BCUT2D eigenvalue weighted by Gasteiger charge is -2.24. The topological polar surface area (TPSA) is 170 Å². The van der Waals surface area contributed by atoms with E-state index >= 15 is 0 Å². The van der Waals surface area contributed by atoms with Crippen LogP contribution in [0.15, 0.2) is 83.9 Å². The highest BCUT2D eigenvalue weighted by Gasteiger charge is 2.29. The number of carbonyl (C=O) groups excluding carboxylic acids is 1. The van der Waals surface area contributed by atoms with Gasteiger partial charge in [0, 0.05) is 52.3 Å². The molecule has 0 saturated carbocycles. The molecule has 10 nitrogen and oxygen atoms in total. The van der Waals surface area contributed by atoms with Crippen molar-refractivity contribution in [1.29, 1.82) is 5.41 Å². The molecule has 0 aliphatic carbocycles. The van der Waals surface area contributed by atoms with Gasteiger partial charge in [-0.05, 0) is 43.2 Å². The number of rotatable bonds is 11. The predicted octanol–water partition coefficient (Wildman–Crippen LogP) is 4.79. The molecule has 0 atom stereocenters. The van der Waals surface area contributed by atoms with Crippen molar-refractivity contribution in [1.82, 2.24) is 9.97 Å². The Hall–Kier alpha value is -5.03. The first-order valence-corrected chi connectivity index (χ1v) is 14.7. The summed E-state index contributed by atoms with van der Waals surface area (Å²) in [5.74, 6) is -1.22. The summed E-state index contributed by atoms with van der Waals surface area (Å²) in [6.07, 6.45) is 1.86. The fraction of sp³-hybridized carbons (Fsp3) is 0.161. The van der Waals surface area contributed by atoms with Crippen LogP contribution in [0.5, 0.6) is 0 Å². The number of para-hydroxylation sites is 1. The lowest BCUT2D eigenvalue weighted by molar-refractivity contribution is -0.136. The second-order valence-corrected chi connectivity index (χ2v) is 11.8. The van der Waals surface area contributed by atoms with Gasteiger partial charge < -0.3 is 15.8 Å². The van der Waals surface area contributed by atoms with Crippen LogP contribution in [0.2, 0.25) is 0 Å². The molecule has 214 valence electrons. The molecule has 0 saturated heterocycles. The zero-order valence-electron chi connectivity index (χ0n) is 22.8. The molecular formula is C31H29N5O5S. The SMILES string of the molecule is Cc1[nH]c2cc(N(CCC(=O)O)S(=O)(=O)c3cccc4cccnc34)ccc2c1C(=O)CCc1ccc(C(=N)N)cc1. The fourth-order valence-electron chi connectivity index (χ4n) is 5.06. The van der Waals surface area contributed by atoms with Crippen molar-refractivity contribution in [3.63, 3.8) is 0 Å². The van der Waals surface area contributed by atoms with Crippen molar-refractivity contribution in [3.05, 3.63) is 101 Å². The van der Waals surface area contributed by atoms with Crippen LogP contribution in [0.3, 0.4) is 0 Å². The van der Waals surface area contributed by atoms with Gasteiger partial charge >= 0.3 is 5.97 Å². The van der Waals surface area contributed by atoms with E-state index in [9.17, 15) is 23.1 Å². The normalized spacial score (nSPS) is 11.5. The number of hydrogen-bond acceptors (Lipinski definition) is 6. The Balaban J connectivity index is 1.47. The highest BCUT2D eigenvalue weighted by atomic mass is 32.2. The minimum absolute atomic E-state index is 0.0190. The molecule has 11 heteroatoms. The summed E-state index contributed by atoms with van der Waals surface area (Å²) in [4.78, 5) is 32.2. The number of sulfonamides is 1. The minimum atomic E-state index is -4.21. The molecule has 0 spiro atoms. The molecule has 5 N–H and O–H groups in total. The van der Waals surface area contributed by atoms with Crippen molar-refractivity contribution in [2.75, 3.05) is 10.8 Å². The number of ketones is 1. The van der Waals surface area contributed by atoms with Gasteiger partial charge in [-0.25, -0.2) is 8.42 Å². The van der Waals surface area contributed by atoms with Crippen molar-refractivity contribution in [2.24, 2.45) is 5.73 Å². The van der Waals surface area contributed by atoms with Crippen LogP contribution in [0.4, 0.5) is 5.69 Å². The second kappa shape index (κ2) is 11.5. The van der Waals surface area contributed by atoms with Crippen molar-refractivity contribution >= 4 is 55.1 Å². The van der Waals surface area contributed by atoms with Gasteiger partial charge in [-0.15, -0.1) is 0 Å². The highest BCUT2D eigenvalue weighted by Crippen LogP contribution is 2.32. The summed E-state index contributed by atoms with van der Waals surface area (Å²) >= 11 is 0. The van der Waals surface area contributed by atoms with E-state index in [0.717, 1.165) is 9.87 Å². The number of aliphatic carboxylic acids is 1. The first kappa shape index (κ1) is 28.5. The van der Waals surface area contributed by atoms with Crippen LogP contribution in [0.1, 0.15) is 40.0 Å². The van der Waals surface area contributed by atoms with Gasteiger partial charge in [-0.3, -0.25) is 24.3 Å². The van der Waals surface area contributed by atoms with E-state index < -0.39 is 22.4 Å². The molecule has 2 heterocycles. The molecule has 5 rings (SSSR count). The number of Topliss-reactive ketones (excluding diaryl/α,β-unsaturated/α-hetero) is 1. The Bertz CT molecular complexity index is 1940. The number of aryl methyl sites for hydroxylation is 2. The first-order valence-electron chi connectivity index (χ1n) is 13.2. The summed E-state index contributed by atoms with van der Waals surface area (Å²) < 4.78 is 29.0. The number of pyridine rings is 1. The monoisotopic (exact) mass is 583 g/mol. The number of anilines is 1. The summed E-state index contributed by atoms with van der Waals surface area (Å²) in [6.45, 7) is 1.50. The number of nitrogens with one attached hydrogen (secondary N) is 2. The molecule has 42 heavy (non-hydrogen) atoms. The molecule has 5 aromatic rings. The van der Waals surface area contributed by atoms with E-state index in [-0.39, 0.29) is 35.2 Å². The molecule has 0 amide bonds. The van der Waals surface area contributed by atoms with Crippen LogP contribution >= 0.6 is 0 Å². The number of aromatic amines is 1. The Morgan fingerprint density at radius 2 is 1.76 bits per heavy atom. The van der Waals surface area contributed by atoms with E-state index in [1.54, 1.807) is 61.5 Å². The average Bonchev–Trinajstić information content (AvgIpc) is 3.30. The van der Waals surface area contributed by atoms with E-state index in [2.05, 4.69) is 9.97 Å². The van der Waals surface area contributed by atoms with Crippen molar-refractivity contribution in [2.45, 2.75) is 31.1 Å². The molecule has 0 aliphatic rings. The number of H-pyrrole nitrogens is 1. The number of carboxylic acid groups (broad SMARTS) is 1. The number of nitrogen functional groups attached to an aromatic ring is 1. The number of carbonyl (C=O) groups is 2. The number of hydrogen-bond donors (Lipinski definition) is 4. The number of benzene rings is 3. The molecule has 0 bridgehead atoms. The number of nitrogens with zero attached hydrogens (tertiary/aromatic N) is 2. The van der Waals surface area contributed by atoms with Crippen molar-refractivity contribution < 1.29 is 23.1 Å². The zero-order chi connectivity index (χ0) is 30.0. The van der Waals surface area contributed by atoms with Crippen LogP contribution in [0, 0.1) is 12.3 Å². The van der Waals surface area contributed by atoms with Crippen LogP contribution in [-0.4, -0.2) is 47.6 Å².